The van der Waals surface area contributed by atoms with E-state index in [1.165, 1.54) is 5.71 Å². The molecule has 0 fully saturated rings. The zero-order valence-electron chi connectivity index (χ0n) is 6.45. The van der Waals surface area contributed by atoms with Crippen LogP contribution in [0.2, 0.25) is 19.6 Å². The quantitative estimate of drug-likeness (QED) is 0.380. The standard InChI is InChI=1S/C6H15NSi/c1-6(2)7-8(3,4)5/h1-5H3. The maximum absolute atomic E-state index is 4.47. The van der Waals surface area contributed by atoms with Crippen molar-refractivity contribution in [1.29, 1.82) is 0 Å². The molecule has 0 rings (SSSR count). The first-order valence-electron chi connectivity index (χ1n) is 2.95. The van der Waals surface area contributed by atoms with Crippen molar-refractivity contribution in [2.75, 3.05) is 0 Å². The van der Waals surface area contributed by atoms with Crippen LogP contribution >= 0.6 is 0 Å². The van der Waals surface area contributed by atoms with Crippen molar-refractivity contribution in [3.8, 4) is 0 Å². The third-order valence-corrected chi connectivity index (χ3v) is 1.68. The van der Waals surface area contributed by atoms with Crippen LogP contribution in [0.25, 0.3) is 0 Å². The molecule has 0 radical (unpaired) electrons. The maximum Gasteiger partial charge on any atom is 0.172 e. The van der Waals surface area contributed by atoms with Crippen LogP contribution < -0.4 is 0 Å². The van der Waals surface area contributed by atoms with Gasteiger partial charge in [-0.25, -0.2) is 0 Å². The Morgan fingerprint density at radius 3 is 1.50 bits per heavy atom. The Morgan fingerprint density at radius 1 is 1.12 bits per heavy atom. The highest BCUT2D eigenvalue weighted by molar-refractivity contribution is 6.75. The number of hydrogen-bond acceptors (Lipinski definition) is 1. The zero-order chi connectivity index (χ0) is 6.78. The molecular formula is C6H15NSi. The highest BCUT2D eigenvalue weighted by Crippen LogP contribution is 2.01. The Kier molecular flexibility index (Phi) is 2.41. The van der Waals surface area contributed by atoms with Gasteiger partial charge in [-0.05, 0) is 39.2 Å². The molecule has 0 aromatic rings. The van der Waals surface area contributed by atoms with Crippen LogP contribution in [0.5, 0.6) is 0 Å². The Hall–Kier alpha value is -0.113. The summed E-state index contributed by atoms with van der Waals surface area (Å²) in [7, 11) is -1.13. The molecule has 8 heavy (non-hydrogen) atoms. The fourth-order valence-corrected chi connectivity index (χ4v) is 2.01. The molecule has 0 spiro atoms. The second kappa shape index (κ2) is 2.44. The van der Waals surface area contributed by atoms with Gasteiger partial charge in [-0.1, -0.05) is 0 Å². The molecule has 0 aliphatic rings. The first kappa shape index (κ1) is 7.89. The van der Waals surface area contributed by atoms with Crippen LogP contribution in [0.1, 0.15) is 13.8 Å². The average molecular weight is 129 g/mol. The third kappa shape index (κ3) is 5.89. The minimum absolute atomic E-state index is 1.13. The number of nitrogens with zero attached hydrogens (tertiary/aromatic N) is 1. The van der Waals surface area contributed by atoms with Gasteiger partial charge in [0.2, 0.25) is 0 Å². The predicted octanol–water partition coefficient (Wildman–Crippen LogP) is 2.30. The minimum Gasteiger partial charge on any atom is -0.331 e. The lowest BCUT2D eigenvalue weighted by atomic mass is 10.5. The summed E-state index contributed by atoms with van der Waals surface area (Å²) in [5, 5.41) is 0. The second-order valence-corrected chi connectivity index (χ2v) is 7.80. The van der Waals surface area contributed by atoms with E-state index in [9.17, 15) is 0 Å². The van der Waals surface area contributed by atoms with Gasteiger partial charge in [-0.15, -0.1) is 0 Å². The van der Waals surface area contributed by atoms with E-state index < -0.39 is 8.24 Å². The fourth-order valence-electron chi connectivity index (χ4n) is 0.671. The molecule has 1 nitrogen and oxygen atoms in total. The van der Waals surface area contributed by atoms with Crippen molar-refractivity contribution in [2.45, 2.75) is 33.5 Å². The maximum atomic E-state index is 4.47. The van der Waals surface area contributed by atoms with Crippen LogP contribution in [0, 0.1) is 0 Å². The monoisotopic (exact) mass is 129 g/mol. The van der Waals surface area contributed by atoms with Gasteiger partial charge >= 0.3 is 0 Å². The van der Waals surface area contributed by atoms with E-state index in [4.69, 9.17) is 0 Å². The summed E-state index contributed by atoms with van der Waals surface area (Å²) in [6, 6.07) is 0. The summed E-state index contributed by atoms with van der Waals surface area (Å²) in [6.07, 6.45) is 0. The van der Waals surface area contributed by atoms with E-state index in [1.54, 1.807) is 0 Å². The molecule has 0 amide bonds. The van der Waals surface area contributed by atoms with Crippen molar-refractivity contribution in [2.24, 2.45) is 4.66 Å². The molecule has 0 atom stereocenters. The lowest BCUT2D eigenvalue weighted by Gasteiger charge is -2.08. The van der Waals surface area contributed by atoms with Crippen LogP contribution in [0.15, 0.2) is 4.66 Å². The molecule has 0 N–H and O–H groups in total. The number of hydrogen-bond donors (Lipinski definition) is 0. The van der Waals surface area contributed by atoms with E-state index in [2.05, 4.69) is 38.1 Å². The van der Waals surface area contributed by atoms with Crippen molar-refractivity contribution in [1.82, 2.24) is 0 Å². The molecule has 0 bridgehead atoms. The van der Waals surface area contributed by atoms with Gasteiger partial charge in [0, 0.05) is 0 Å². The Balaban J connectivity index is 3.89. The SMILES string of the molecule is CC(C)=N[Si](C)(C)C. The van der Waals surface area contributed by atoms with Crippen molar-refractivity contribution in [3.63, 3.8) is 0 Å². The normalized spacial score (nSPS) is 11.1. The van der Waals surface area contributed by atoms with Gasteiger partial charge in [0.25, 0.3) is 0 Å². The van der Waals surface area contributed by atoms with E-state index in [0.29, 0.717) is 0 Å². The van der Waals surface area contributed by atoms with Crippen LogP contribution in [0.3, 0.4) is 0 Å². The highest BCUT2D eigenvalue weighted by atomic mass is 28.3. The molecule has 0 aromatic heterocycles. The Morgan fingerprint density at radius 2 is 1.50 bits per heavy atom. The summed E-state index contributed by atoms with van der Waals surface area (Å²) in [5.41, 5.74) is 1.21. The third-order valence-electron chi connectivity index (χ3n) is 0.559. The lowest BCUT2D eigenvalue weighted by molar-refractivity contribution is 1.51. The molecule has 0 saturated heterocycles. The van der Waals surface area contributed by atoms with Gasteiger partial charge in [0.1, 0.15) is 0 Å². The topological polar surface area (TPSA) is 12.4 Å². The van der Waals surface area contributed by atoms with Gasteiger partial charge < -0.3 is 4.66 Å². The molecule has 0 saturated carbocycles. The first-order chi connectivity index (χ1) is 3.42. The van der Waals surface area contributed by atoms with Gasteiger partial charge in [-0.2, -0.15) is 0 Å². The van der Waals surface area contributed by atoms with Gasteiger partial charge in [0.05, 0.1) is 0 Å². The summed E-state index contributed by atoms with van der Waals surface area (Å²) in [6.45, 7) is 10.8. The molecule has 0 heterocycles. The zero-order valence-corrected chi connectivity index (χ0v) is 7.45. The van der Waals surface area contributed by atoms with Gasteiger partial charge in [-0.3, -0.25) is 0 Å². The molecular weight excluding hydrogens is 114 g/mol. The van der Waals surface area contributed by atoms with Crippen molar-refractivity contribution in [3.05, 3.63) is 0 Å². The lowest BCUT2D eigenvalue weighted by Crippen LogP contribution is -2.17. The molecule has 0 aliphatic heterocycles. The molecule has 2 heteroatoms. The molecule has 0 unspecified atom stereocenters. The largest absolute Gasteiger partial charge is 0.331 e. The molecule has 0 aliphatic carbocycles. The number of rotatable bonds is 1. The van der Waals surface area contributed by atoms with Gasteiger partial charge in [0.15, 0.2) is 8.24 Å². The Bertz CT molecular complexity index is 95.6. The van der Waals surface area contributed by atoms with Crippen LogP contribution in [0.4, 0.5) is 0 Å². The molecule has 48 valence electrons. The summed E-state index contributed by atoms with van der Waals surface area (Å²) in [5.74, 6) is 0. The highest BCUT2D eigenvalue weighted by Gasteiger charge is 2.09. The van der Waals surface area contributed by atoms with E-state index in [1.807, 2.05) is 0 Å². The summed E-state index contributed by atoms with van der Waals surface area (Å²) < 4.78 is 4.47. The average Bonchev–Trinajstić information content (AvgIpc) is 1.21. The fraction of sp³-hybridized carbons (Fsp3) is 0.833. The molecule has 0 aromatic carbocycles. The van der Waals surface area contributed by atoms with Crippen LogP contribution in [-0.2, 0) is 0 Å². The van der Waals surface area contributed by atoms with E-state index in [-0.39, 0.29) is 0 Å². The summed E-state index contributed by atoms with van der Waals surface area (Å²) >= 11 is 0. The van der Waals surface area contributed by atoms with E-state index >= 15 is 0 Å². The smallest absolute Gasteiger partial charge is 0.172 e. The predicted molar refractivity (Wildman–Crippen MR) is 42.1 cm³/mol. The van der Waals surface area contributed by atoms with E-state index in [0.717, 1.165) is 0 Å². The second-order valence-electron chi connectivity index (χ2n) is 3.23. The first-order valence-corrected chi connectivity index (χ1v) is 6.39. The van der Waals surface area contributed by atoms with Crippen LogP contribution in [-0.4, -0.2) is 13.9 Å². The minimum atomic E-state index is -1.13. The summed E-state index contributed by atoms with van der Waals surface area (Å²) in [4.78, 5) is 0. The van der Waals surface area contributed by atoms with Crippen molar-refractivity contribution >= 4 is 13.9 Å². The Labute approximate surface area is 52.9 Å². The van der Waals surface area contributed by atoms with Crippen molar-refractivity contribution < 1.29 is 0 Å².